The Morgan fingerprint density at radius 1 is 1.64 bits per heavy atom. The van der Waals surface area contributed by atoms with E-state index in [2.05, 4.69) is 6.58 Å². The summed E-state index contributed by atoms with van der Waals surface area (Å²) in [6.07, 6.45) is 3.83. The summed E-state index contributed by atoms with van der Waals surface area (Å²) >= 11 is 0. The Labute approximate surface area is 83.1 Å². The normalized spacial score (nSPS) is 16.6. The number of hydrogen-bond donors (Lipinski definition) is 1. The lowest BCUT2D eigenvalue weighted by Gasteiger charge is -2.35. The molecule has 0 radical (unpaired) electrons. The Kier molecular flexibility index (Phi) is 3.50. The molecule has 1 aliphatic rings. The van der Waals surface area contributed by atoms with Crippen LogP contribution in [0.3, 0.4) is 0 Å². The topological polar surface area (TPSA) is 66.6 Å². The molecule has 0 saturated carbocycles. The molecule has 1 fully saturated rings. The molecule has 0 aliphatic carbocycles. The van der Waals surface area contributed by atoms with E-state index >= 15 is 0 Å². The molecule has 0 aromatic rings. The van der Waals surface area contributed by atoms with Crippen LogP contribution < -0.4 is 5.73 Å². The molecule has 1 heterocycles. The van der Waals surface area contributed by atoms with Crippen molar-refractivity contribution in [3.05, 3.63) is 12.7 Å². The summed E-state index contributed by atoms with van der Waals surface area (Å²) in [6, 6.07) is -0.611. The predicted octanol–water partition coefficient (Wildman–Crippen LogP) is 0.481. The number of hydrazine groups is 1. The molecular formula is C9H15N3O2. The molecular weight excluding hydrogens is 182 g/mol. The van der Waals surface area contributed by atoms with Crippen molar-refractivity contribution in [1.29, 1.82) is 0 Å². The summed E-state index contributed by atoms with van der Waals surface area (Å²) in [4.78, 5) is 22.5. The quantitative estimate of drug-likeness (QED) is 0.669. The van der Waals surface area contributed by atoms with Gasteiger partial charge in [-0.1, -0.05) is 6.08 Å². The van der Waals surface area contributed by atoms with E-state index in [0.717, 1.165) is 12.8 Å². The van der Waals surface area contributed by atoms with Crippen LogP contribution in [0.4, 0.5) is 4.79 Å². The van der Waals surface area contributed by atoms with Crippen molar-refractivity contribution >= 4 is 11.9 Å². The number of rotatable bonds is 3. The van der Waals surface area contributed by atoms with Crippen molar-refractivity contribution in [2.24, 2.45) is 5.73 Å². The number of carbonyl (C=O) groups is 2. The zero-order valence-electron chi connectivity index (χ0n) is 8.11. The van der Waals surface area contributed by atoms with Crippen LogP contribution in [0.2, 0.25) is 0 Å². The third-order valence-electron chi connectivity index (χ3n) is 2.15. The Morgan fingerprint density at radius 2 is 2.36 bits per heavy atom. The highest BCUT2D eigenvalue weighted by Gasteiger charge is 2.25. The van der Waals surface area contributed by atoms with E-state index in [4.69, 9.17) is 5.73 Å². The zero-order valence-corrected chi connectivity index (χ0v) is 8.11. The Morgan fingerprint density at radius 3 is 2.86 bits per heavy atom. The number of nitrogens with two attached hydrogens (primary N) is 1. The Hall–Kier alpha value is -1.52. The van der Waals surface area contributed by atoms with Crippen molar-refractivity contribution in [2.45, 2.75) is 19.3 Å². The van der Waals surface area contributed by atoms with Crippen molar-refractivity contribution < 1.29 is 9.59 Å². The van der Waals surface area contributed by atoms with E-state index in [1.165, 1.54) is 10.0 Å². The molecule has 0 aromatic carbocycles. The number of nitrogens with zero attached hydrogens (tertiary/aromatic N) is 2. The molecule has 0 bridgehead atoms. The highest BCUT2D eigenvalue weighted by molar-refractivity contribution is 5.81. The summed E-state index contributed by atoms with van der Waals surface area (Å²) in [5.41, 5.74) is 5.16. The molecule has 0 atom stereocenters. The monoisotopic (exact) mass is 197 g/mol. The van der Waals surface area contributed by atoms with Crippen molar-refractivity contribution in [3.8, 4) is 0 Å². The van der Waals surface area contributed by atoms with Gasteiger partial charge in [0.2, 0.25) is 5.91 Å². The fourth-order valence-corrected chi connectivity index (χ4v) is 1.48. The van der Waals surface area contributed by atoms with Crippen molar-refractivity contribution in [1.82, 2.24) is 10.0 Å². The lowest BCUT2D eigenvalue weighted by Crippen LogP contribution is -2.53. The third-order valence-corrected chi connectivity index (χ3v) is 2.15. The largest absolute Gasteiger partial charge is 0.350 e. The summed E-state index contributed by atoms with van der Waals surface area (Å²) in [6.45, 7) is 4.36. The standard InChI is InChI=1S/C9H15N3O2/c1-2-6-12(9(10)14)11-7-4-3-5-8(11)13/h2H,1,3-7H2,(H2,10,14). The van der Waals surface area contributed by atoms with Gasteiger partial charge in [0.15, 0.2) is 0 Å². The maximum Gasteiger partial charge on any atom is 0.333 e. The van der Waals surface area contributed by atoms with Gasteiger partial charge in [0.05, 0.1) is 6.54 Å². The summed E-state index contributed by atoms with van der Waals surface area (Å²) in [7, 11) is 0. The first-order chi connectivity index (χ1) is 6.66. The molecule has 1 rings (SSSR count). The first kappa shape index (κ1) is 10.6. The lowest BCUT2D eigenvalue weighted by atomic mass is 10.1. The number of piperidine rings is 1. The van der Waals surface area contributed by atoms with Crippen LogP contribution in [-0.2, 0) is 4.79 Å². The molecule has 5 nitrogen and oxygen atoms in total. The maximum absolute atomic E-state index is 11.5. The van der Waals surface area contributed by atoms with Crippen molar-refractivity contribution in [3.63, 3.8) is 0 Å². The van der Waals surface area contributed by atoms with Gasteiger partial charge in [-0.2, -0.15) is 0 Å². The molecule has 14 heavy (non-hydrogen) atoms. The average Bonchev–Trinajstić information content (AvgIpc) is 2.15. The van der Waals surface area contributed by atoms with Crippen LogP contribution in [0, 0.1) is 0 Å². The van der Waals surface area contributed by atoms with Gasteiger partial charge in [-0.15, -0.1) is 6.58 Å². The zero-order chi connectivity index (χ0) is 10.6. The van der Waals surface area contributed by atoms with Crippen LogP contribution in [0.25, 0.3) is 0 Å². The van der Waals surface area contributed by atoms with Gasteiger partial charge in [0.1, 0.15) is 0 Å². The minimum atomic E-state index is -0.611. The second-order valence-electron chi connectivity index (χ2n) is 3.18. The molecule has 5 heteroatoms. The molecule has 1 saturated heterocycles. The fourth-order valence-electron chi connectivity index (χ4n) is 1.48. The van der Waals surface area contributed by atoms with E-state index in [1.807, 2.05) is 0 Å². The molecule has 1 aliphatic heterocycles. The van der Waals surface area contributed by atoms with Gasteiger partial charge in [0, 0.05) is 13.0 Å². The number of primary amides is 1. The van der Waals surface area contributed by atoms with Crippen LogP contribution in [0.5, 0.6) is 0 Å². The minimum Gasteiger partial charge on any atom is -0.350 e. The third kappa shape index (κ3) is 2.25. The smallest absolute Gasteiger partial charge is 0.333 e. The lowest BCUT2D eigenvalue weighted by molar-refractivity contribution is -0.146. The fraction of sp³-hybridized carbons (Fsp3) is 0.556. The summed E-state index contributed by atoms with van der Waals surface area (Å²) < 4.78 is 0. The first-order valence-electron chi connectivity index (χ1n) is 4.65. The van der Waals surface area contributed by atoms with E-state index in [9.17, 15) is 9.59 Å². The van der Waals surface area contributed by atoms with E-state index in [-0.39, 0.29) is 12.5 Å². The first-order valence-corrected chi connectivity index (χ1v) is 4.65. The van der Waals surface area contributed by atoms with Crippen LogP contribution in [0.15, 0.2) is 12.7 Å². The van der Waals surface area contributed by atoms with E-state index < -0.39 is 6.03 Å². The number of hydrogen-bond acceptors (Lipinski definition) is 2. The number of urea groups is 1. The van der Waals surface area contributed by atoms with E-state index in [1.54, 1.807) is 6.08 Å². The molecule has 3 amide bonds. The highest BCUT2D eigenvalue weighted by Crippen LogP contribution is 2.12. The maximum atomic E-state index is 11.5. The Balaban J connectivity index is 2.69. The van der Waals surface area contributed by atoms with Crippen molar-refractivity contribution in [2.75, 3.05) is 13.1 Å². The SMILES string of the molecule is C=CCN(C(N)=O)N1CCCCC1=O. The second kappa shape index (κ2) is 4.64. The van der Waals surface area contributed by atoms with Gasteiger partial charge >= 0.3 is 6.03 Å². The summed E-state index contributed by atoms with van der Waals surface area (Å²) in [5.74, 6) is -0.0445. The van der Waals surface area contributed by atoms with Gasteiger partial charge < -0.3 is 5.73 Å². The predicted molar refractivity (Wildman–Crippen MR) is 52.1 cm³/mol. The van der Waals surface area contributed by atoms with Gasteiger partial charge in [-0.3, -0.25) is 4.79 Å². The van der Waals surface area contributed by atoms with Crippen LogP contribution in [0.1, 0.15) is 19.3 Å². The van der Waals surface area contributed by atoms with Gasteiger partial charge in [-0.05, 0) is 12.8 Å². The minimum absolute atomic E-state index is 0.0445. The molecule has 0 unspecified atom stereocenters. The average molecular weight is 197 g/mol. The molecule has 78 valence electrons. The van der Waals surface area contributed by atoms with E-state index in [0.29, 0.717) is 13.0 Å². The van der Waals surface area contributed by atoms with Gasteiger partial charge in [-0.25, -0.2) is 14.8 Å². The number of carbonyl (C=O) groups excluding carboxylic acids is 2. The second-order valence-corrected chi connectivity index (χ2v) is 3.18. The highest BCUT2D eigenvalue weighted by atomic mass is 16.2. The van der Waals surface area contributed by atoms with Gasteiger partial charge in [0.25, 0.3) is 0 Å². The molecule has 0 spiro atoms. The Bertz CT molecular complexity index is 252. The molecule has 0 aromatic heterocycles. The molecule has 2 N–H and O–H groups in total. The van der Waals surface area contributed by atoms with Crippen LogP contribution >= 0.6 is 0 Å². The number of amides is 3. The summed E-state index contributed by atoms with van der Waals surface area (Å²) in [5, 5.41) is 2.64. The van der Waals surface area contributed by atoms with Crippen LogP contribution in [-0.4, -0.2) is 35.0 Å².